The largest absolute Gasteiger partial charge is 0.324 e. The molecule has 10 heteroatoms. The molecule has 1 fully saturated rings. The maximum absolute atomic E-state index is 14.2. The first-order valence-electron chi connectivity index (χ1n) is 10.3. The Kier molecular flexibility index (Phi) is 7.25. The third-order valence-electron chi connectivity index (χ3n) is 5.48. The SMILES string of the molecule is CC(=O)Nc1cc(NC(=O)c2cccc(S(=O)(=O)N(C)C3CCCCC3)c2)c(F)cc1F. The van der Waals surface area contributed by atoms with Crippen LogP contribution in [0, 0.1) is 11.6 Å². The lowest BCUT2D eigenvalue weighted by molar-refractivity contribution is -0.114. The predicted molar refractivity (Wildman–Crippen MR) is 117 cm³/mol. The lowest BCUT2D eigenvalue weighted by Gasteiger charge is -2.30. The smallest absolute Gasteiger partial charge is 0.255 e. The topological polar surface area (TPSA) is 95.6 Å². The Morgan fingerprint density at radius 2 is 1.59 bits per heavy atom. The molecule has 32 heavy (non-hydrogen) atoms. The minimum Gasteiger partial charge on any atom is -0.324 e. The molecule has 0 bridgehead atoms. The molecular weight excluding hydrogens is 440 g/mol. The number of sulfonamides is 1. The summed E-state index contributed by atoms with van der Waals surface area (Å²) in [5.74, 6) is -3.37. The van der Waals surface area contributed by atoms with Crippen molar-refractivity contribution in [1.82, 2.24) is 4.31 Å². The second-order valence-electron chi connectivity index (χ2n) is 7.79. The van der Waals surface area contributed by atoms with Gasteiger partial charge in [-0.15, -0.1) is 0 Å². The normalized spacial score (nSPS) is 14.9. The quantitative estimate of drug-likeness (QED) is 0.671. The molecule has 2 aromatic carbocycles. The summed E-state index contributed by atoms with van der Waals surface area (Å²) < 4.78 is 55.4. The number of carbonyl (C=O) groups is 2. The lowest BCUT2D eigenvalue weighted by atomic mass is 9.96. The number of anilines is 2. The average molecular weight is 466 g/mol. The van der Waals surface area contributed by atoms with E-state index in [0.717, 1.165) is 45.1 Å². The summed E-state index contributed by atoms with van der Waals surface area (Å²) in [6.07, 6.45) is 4.60. The van der Waals surface area contributed by atoms with Crippen molar-refractivity contribution >= 4 is 33.2 Å². The zero-order valence-corrected chi connectivity index (χ0v) is 18.6. The van der Waals surface area contributed by atoms with E-state index in [2.05, 4.69) is 10.6 Å². The third-order valence-corrected chi connectivity index (χ3v) is 7.38. The summed E-state index contributed by atoms with van der Waals surface area (Å²) >= 11 is 0. The van der Waals surface area contributed by atoms with Gasteiger partial charge in [-0.3, -0.25) is 9.59 Å². The molecule has 2 aromatic rings. The molecule has 7 nitrogen and oxygen atoms in total. The van der Waals surface area contributed by atoms with E-state index in [1.165, 1.54) is 35.6 Å². The van der Waals surface area contributed by atoms with E-state index < -0.39 is 33.5 Å². The van der Waals surface area contributed by atoms with Crippen LogP contribution in [-0.4, -0.2) is 37.6 Å². The highest BCUT2D eigenvalue weighted by Gasteiger charge is 2.29. The van der Waals surface area contributed by atoms with Crippen LogP contribution in [-0.2, 0) is 14.8 Å². The highest BCUT2D eigenvalue weighted by Crippen LogP contribution is 2.27. The minimum absolute atomic E-state index is 0.00655. The summed E-state index contributed by atoms with van der Waals surface area (Å²) in [6, 6.07) is 6.86. The average Bonchev–Trinajstić information content (AvgIpc) is 2.76. The fourth-order valence-corrected chi connectivity index (χ4v) is 5.19. The highest BCUT2D eigenvalue weighted by molar-refractivity contribution is 7.89. The summed E-state index contributed by atoms with van der Waals surface area (Å²) in [5, 5.41) is 4.51. The van der Waals surface area contributed by atoms with Crippen molar-refractivity contribution < 1.29 is 26.8 Å². The molecule has 0 heterocycles. The van der Waals surface area contributed by atoms with E-state index in [1.54, 1.807) is 0 Å². The second kappa shape index (κ2) is 9.74. The van der Waals surface area contributed by atoms with Crippen molar-refractivity contribution in [1.29, 1.82) is 0 Å². The van der Waals surface area contributed by atoms with Crippen LogP contribution in [0.1, 0.15) is 49.4 Å². The van der Waals surface area contributed by atoms with Gasteiger partial charge < -0.3 is 10.6 Å². The Bertz CT molecular complexity index is 1130. The van der Waals surface area contributed by atoms with E-state index >= 15 is 0 Å². The van der Waals surface area contributed by atoms with E-state index in [-0.39, 0.29) is 27.9 Å². The van der Waals surface area contributed by atoms with Crippen LogP contribution in [0.4, 0.5) is 20.2 Å². The van der Waals surface area contributed by atoms with Crippen LogP contribution in [0.2, 0.25) is 0 Å². The third kappa shape index (κ3) is 5.31. The van der Waals surface area contributed by atoms with Gasteiger partial charge in [0.15, 0.2) is 0 Å². The Hall–Kier alpha value is -2.85. The fourth-order valence-electron chi connectivity index (χ4n) is 3.73. The van der Waals surface area contributed by atoms with E-state index in [0.29, 0.717) is 6.07 Å². The zero-order valence-electron chi connectivity index (χ0n) is 17.8. The summed E-state index contributed by atoms with van der Waals surface area (Å²) in [7, 11) is -2.28. The van der Waals surface area contributed by atoms with Gasteiger partial charge in [-0.05, 0) is 37.1 Å². The fraction of sp³-hybridized carbons (Fsp3) is 0.364. The van der Waals surface area contributed by atoms with Crippen LogP contribution >= 0.6 is 0 Å². The molecule has 1 aliphatic carbocycles. The molecule has 0 atom stereocenters. The summed E-state index contributed by atoms with van der Waals surface area (Å²) in [6.45, 7) is 1.16. The van der Waals surface area contributed by atoms with E-state index in [9.17, 15) is 26.8 Å². The van der Waals surface area contributed by atoms with Gasteiger partial charge in [-0.1, -0.05) is 25.3 Å². The van der Waals surface area contributed by atoms with Crippen molar-refractivity contribution in [2.75, 3.05) is 17.7 Å². The number of rotatable bonds is 6. The molecule has 0 saturated heterocycles. The van der Waals surface area contributed by atoms with Crippen molar-refractivity contribution in [2.24, 2.45) is 0 Å². The zero-order chi connectivity index (χ0) is 23.5. The lowest BCUT2D eigenvalue weighted by Crippen LogP contribution is -2.38. The number of halogens is 2. The molecule has 0 spiro atoms. The van der Waals surface area contributed by atoms with Crippen LogP contribution in [0.3, 0.4) is 0 Å². The first-order valence-corrected chi connectivity index (χ1v) is 11.7. The van der Waals surface area contributed by atoms with Gasteiger partial charge in [0.1, 0.15) is 11.6 Å². The van der Waals surface area contributed by atoms with Crippen molar-refractivity contribution in [3.63, 3.8) is 0 Å². The number of hydrogen-bond acceptors (Lipinski definition) is 4. The Morgan fingerprint density at radius 3 is 2.22 bits per heavy atom. The van der Waals surface area contributed by atoms with Gasteiger partial charge >= 0.3 is 0 Å². The van der Waals surface area contributed by atoms with Crippen LogP contribution < -0.4 is 10.6 Å². The molecule has 0 unspecified atom stereocenters. The van der Waals surface area contributed by atoms with Gasteiger partial charge in [-0.25, -0.2) is 17.2 Å². The first-order chi connectivity index (χ1) is 15.1. The number of nitrogens with one attached hydrogen (secondary N) is 2. The monoisotopic (exact) mass is 465 g/mol. The number of benzene rings is 2. The van der Waals surface area contributed by atoms with E-state index in [1.807, 2.05) is 0 Å². The maximum Gasteiger partial charge on any atom is 0.255 e. The first kappa shape index (κ1) is 23.8. The standard InChI is InChI=1S/C22H25F2N3O4S/c1-14(28)25-20-13-21(19(24)12-18(20)23)26-22(29)15-7-6-10-17(11-15)32(30,31)27(2)16-8-4-3-5-9-16/h6-7,10-13,16H,3-5,8-9H2,1-2H3,(H,25,28)(H,26,29). The number of hydrogen-bond donors (Lipinski definition) is 2. The Morgan fingerprint density at radius 1 is 0.969 bits per heavy atom. The number of amides is 2. The molecule has 2 N–H and O–H groups in total. The number of carbonyl (C=O) groups excluding carboxylic acids is 2. The molecule has 1 saturated carbocycles. The Labute approximate surface area is 185 Å². The molecule has 1 aliphatic rings. The van der Waals surface area contributed by atoms with Gasteiger partial charge in [0.05, 0.1) is 16.3 Å². The highest BCUT2D eigenvalue weighted by atomic mass is 32.2. The van der Waals surface area contributed by atoms with Crippen molar-refractivity contribution in [2.45, 2.75) is 50.0 Å². The van der Waals surface area contributed by atoms with E-state index in [4.69, 9.17) is 0 Å². The molecule has 172 valence electrons. The summed E-state index contributed by atoms with van der Waals surface area (Å²) in [4.78, 5) is 23.8. The van der Waals surface area contributed by atoms with Gasteiger partial charge in [0.2, 0.25) is 15.9 Å². The predicted octanol–water partition coefficient (Wildman–Crippen LogP) is 4.13. The molecule has 0 aromatic heterocycles. The van der Waals surface area contributed by atoms with Gasteiger partial charge in [0, 0.05) is 31.6 Å². The molecule has 0 aliphatic heterocycles. The molecule has 0 radical (unpaired) electrons. The van der Waals surface area contributed by atoms with Gasteiger partial charge in [0.25, 0.3) is 5.91 Å². The Balaban J connectivity index is 1.83. The summed E-state index contributed by atoms with van der Waals surface area (Å²) in [5.41, 5.74) is -0.653. The maximum atomic E-state index is 14.2. The molecule has 2 amide bonds. The second-order valence-corrected chi connectivity index (χ2v) is 9.79. The minimum atomic E-state index is -3.82. The van der Waals surface area contributed by atoms with Crippen LogP contribution in [0.15, 0.2) is 41.3 Å². The number of nitrogens with zero attached hydrogens (tertiary/aromatic N) is 1. The van der Waals surface area contributed by atoms with Crippen LogP contribution in [0.25, 0.3) is 0 Å². The van der Waals surface area contributed by atoms with Crippen molar-refractivity contribution in [3.8, 4) is 0 Å². The van der Waals surface area contributed by atoms with Gasteiger partial charge in [-0.2, -0.15) is 4.31 Å². The van der Waals surface area contributed by atoms with Crippen LogP contribution in [0.5, 0.6) is 0 Å². The van der Waals surface area contributed by atoms with Crippen molar-refractivity contribution in [3.05, 3.63) is 53.6 Å². The molecule has 3 rings (SSSR count). The molecular formula is C22H25F2N3O4S.